The standard InChI is InChI=1S/C15H26N4S.HI/c1-4-6-12-9-13(12)19-15(16-5-2)17-8-7-14-18-10-11(3)20-14;/h10,12-13H,4-9H2,1-3H3,(H2,16,17,19);1H. The van der Waals surface area contributed by atoms with Crippen LogP contribution < -0.4 is 10.6 Å². The first-order valence-electron chi connectivity index (χ1n) is 7.69. The van der Waals surface area contributed by atoms with Crippen LogP contribution in [0.25, 0.3) is 0 Å². The molecule has 0 aromatic carbocycles. The lowest BCUT2D eigenvalue weighted by Crippen LogP contribution is -2.39. The lowest BCUT2D eigenvalue weighted by atomic mass is 10.2. The molecule has 0 aliphatic heterocycles. The van der Waals surface area contributed by atoms with Gasteiger partial charge in [0.15, 0.2) is 5.96 Å². The molecule has 2 unspecified atom stereocenters. The summed E-state index contributed by atoms with van der Waals surface area (Å²) in [4.78, 5) is 10.3. The van der Waals surface area contributed by atoms with E-state index in [4.69, 9.17) is 0 Å². The predicted molar refractivity (Wildman–Crippen MR) is 102 cm³/mol. The van der Waals surface area contributed by atoms with Crippen LogP contribution in [0.3, 0.4) is 0 Å². The Kier molecular flexibility index (Phi) is 8.55. The van der Waals surface area contributed by atoms with E-state index in [9.17, 15) is 0 Å². The topological polar surface area (TPSA) is 49.3 Å². The summed E-state index contributed by atoms with van der Waals surface area (Å²) < 4.78 is 0. The van der Waals surface area contributed by atoms with Gasteiger partial charge in [0.25, 0.3) is 0 Å². The van der Waals surface area contributed by atoms with Crippen molar-refractivity contribution >= 4 is 41.3 Å². The molecule has 2 N–H and O–H groups in total. The number of guanidine groups is 1. The molecule has 1 fully saturated rings. The van der Waals surface area contributed by atoms with E-state index < -0.39 is 0 Å². The lowest BCUT2D eigenvalue weighted by Gasteiger charge is -2.10. The Morgan fingerprint density at radius 2 is 2.29 bits per heavy atom. The fraction of sp³-hybridized carbons (Fsp3) is 0.733. The smallest absolute Gasteiger partial charge is 0.191 e. The van der Waals surface area contributed by atoms with Crippen molar-refractivity contribution in [1.82, 2.24) is 15.6 Å². The number of nitrogens with one attached hydrogen (secondary N) is 2. The number of aliphatic imine (C=N–C) groups is 1. The number of aryl methyl sites for hydroxylation is 1. The molecule has 0 radical (unpaired) electrons. The highest BCUT2D eigenvalue weighted by atomic mass is 127. The van der Waals surface area contributed by atoms with Gasteiger partial charge in [0.05, 0.1) is 5.01 Å². The van der Waals surface area contributed by atoms with Crippen molar-refractivity contribution in [1.29, 1.82) is 0 Å². The van der Waals surface area contributed by atoms with Gasteiger partial charge in [0.1, 0.15) is 0 Å². The highest BCUT2D eigenvalue weighted by molar-refractivity contribution is 14.0. The molecule has 2 rings (SSSR count). The Labute approximate surface area is 149 Å². The maximum absolute atomic E-state index is 4.65. The van der Waals surface area contributed by atoms with Gasteiger partial charge in [-0.25, -0.2) is 4.98 Å². The van der Waals surface area contributed by atoms with Crippen molar-refractivity contribution in [2.24, 2.45) is 10.9 Å². The first-order valence-corrected chi connectivity index (χ1v) is 8.50. The summed E-state index contributed by atoms with van der Waals surface area (Å²) in [5, 5.41) is 8.05. The van der Waals surface area contributed by atoms with E-state index in [0.29, 0.717) is 6.04 Å². The third-order valence-corrected chi connectivity index (χ3v) is 4.49. The quantitative estimate of drug-likeness (QED) is 0.403. The first-order chi connectivity index (χ1) is 9.72. The Bertz CT molecular complexity index is 447. The van der Waals surface area contributed by atoms with E-state index in [-0.39, 0.29) is 24.0 Å². The Hall–Kier alpha value is -0.370. The molecule has 1 aliphatic carbocycles. The number of thiazole rings is 1. The van der Waals surface area contributed by atoms with Gasteiger partial charge in [-0.05, 0) is 32.6 Å². The molecule has 0 amide bonds. The molecule has 6 heteroatoms. The normalized spacial score (nSPS) is 20.8. The summed E-state index contributed by atoms with van der Waals surface area (Å²) in [6, 6.07) is 0.634. The molecule has 1 aromatic rings. The summed E-state index contributed by atoms with van der Waals surface area (Å²) in [6.45, 7) is 8.17. The summed E-state index contributed by atoms with van der Waals surface area (Å²) in [5.74, 6) is 1.81. The largest absolute Gasteiger partial charge is 0.357 e. The summed E-state index contributed by atoms with van der Waals surface area (Å²) in [5.41, 5.74) is 0. The maximum atomic E-state index is 4.65. The summed E-state index contributed by atoms with van der Waals surface area (Å²) >= 11 is 1.76. The molecule has 120 valence electrons. The van der Waals surface area contributed by atoms with Gasteiger partial charge in [-0.2, -0.15) is 0 Å². The minimum absolute atomic E-state index is 0. The lowest BCUT2D eigenvalue weighted by molar-refractivity contribution is 0.655. The van der Waals surface area contributed by atoms with Gasteiger partial charge < -0.3 is 10.6 Å². The van der Waals surface area contributed by atoms with Crippen LogP contribution in [0, 0.1) is 12.8 Å². The van der Waals surface area contributed by atoms with Crippen LogP contribution in [-0.4, -0.2) is 30.1 Å². The van der Waals surface area contributed by atoms with Crippen LogP contribution >= 0.6 is 35.3 Å². The molecule has 1 heterocycles. The number of aromatic nitrogens is 1. The van der Waals surface area contributed by atoms with Crippen molar-refractivity contribution in [3.05, 3.63) is 16.1 Å². The van der Waals surface area contributed by atoms with Gasteiger partial charge in [-0.1, -0.05) is 13.3 Å². The molecule has 21 heavy (non-hydrogen) atoms. The van der Waals surface area contributed by atoms with Crippen molar-refractivity contribution in [3.8, 4) is 0 Å². The number of hydrogen-bond donors (Lipinski definition) is 2. The fourth-order valence-electron chi connectivity index (χ4n) is 2.39. The van der Waals surface area contributed by atoms with Crippen LogP contribution in [0.15, 0.2) is 11.2 Å². The zero-order valence-corrected chi connectivity index (χ0v) is 16.3. The predicted octanol–water partition coefficient (Wildman–Crippen LogP) is 3.36. The number of rotatable bonds is 7. The van der Waals surface area contributed by atoms with Crippen LogP contribution in [0.2, 0.25) is 0 Å². The minimum atomic E-state index is 0. The molecular formula is C15H27IN4S. The van der Waals surface area contributed by atoms with Crippen LogP contribution in [0.4, 0.5) is 0 Å². The van der Waals surface area contributed by atoms with E-state index in [1.165, 1.54) is 29.1 Å². The van der Waals surface area contributed by atoms with Crippen LogP contribution in [0.1, 0.15) is 43.0 Å². The third-order valence-electron chi connectivity index (χ3n) is 3.51. The number of hydrogen-bond acceptors (Lipinski definition) is 3. The van der Waals surface area contributed by atoms with E-state index in [1.54, 1.807) is 11.3 Å². The minimum Gasteiger partial charge on any atom is -0.357 e. The van der Waals surface area contributed by atoms with Gasteiger partial charge >= 0.3 is 0 Å². The highest BCUT2D eigenvalue weighted by Crippen LogP contribution is 2.34. The number of nitrogens with zero attached hydrogens (tertiary/aromatic N) is 2. The van der Waals surface area contributed by atoms with Gasteiger partial charge in [0.2, 0.25) is 0 Å². The van der Waals surface area contributed by atoms with Crippen LogP contribution in [0.5, 0.6) is 0 Å². The van der Waals surface area contributed by atoms with Gasteiger partial charge in [-0.15, -0.1) is 35.3 Å². The van der Waals surface area contributed by atoms with E-state index in [2.05, 4.69) is 41.4 Å². The van der Waals surface area contributed by atoms with Crippen molar-refractivity contribution in [3.63, 3.8) is 0 Å². The van der Waals surface area contributed by atoms with Crippen molar-refractivity contribution < 1.29 is 0 Å². The van der Waals surface area contributed by atoms with E-state index >= 15 is 0 Å². The monoisotopic (exact) mass is 422 g/mol. The maximum Gasteiger partial charge on any atom is 0.191 e. The Morgan fingerprint density at radius 3 is 2.90 bits per heavy atom. The molecule has 0 bridgehead atoms. The van der Waals surface area contributed by atoms with Crippen molar-refractivity contribution in [2.75, 3.05) is 13.1 Å². The second-order valence-electron chi connectivity index (χ2n) is 5.41. The van der Waals surface area contributed by atoms with E-state index in [1.807, 2.05) is 6.20 Å². The average Bonchev–Trinajstić information content (AvgIpc) is 3.00. The molecule has 1 aromatic heterocycles. The molecular weight excluding hydrogens is 395 g/mol. The van der Waals surface area contributed by atoms with Crippen LogP contribution in [-0.2, 0) is 6.42 Å². The van der Waals surface area contributed by atoms with Gasteiger partial charge in [-0.3, -0.25) is 4.99 Å². The zero-order chi connectivity index (χ0) is 14.4. The average molecular weight is 422 g/mol. The third kappa shape index (κ3) is 6.50. The molecule has 4 nitrogen and oxygen atoms in total. The Balaban J connectivity index is 0.00000220. The summed E-state index contributed by atoms with van der Waals surface area (Å²) in [6.07, 6.45) is 6.77. The molecule has 0 saturated heterocycles. The Morgan fingerprint density at radius 1 is 1.48 bits per heavy atom. The summed E-state index contributed by atoms with van der Waals surface area (Å²) in [7, 11) is 0. The number of halogens is 1. The van der Waals surface area contributed by atoms with Crippen molar-refractivity contribution in [2.45, 2.75) is 52.5 Å². The second-order valence-corrected chi connectivity index (χ2v) is 6.73. The molecule has 2 atom stereocenters. The fourth-order valence-corrected chi connectivity index (χ4v) is 3.17. The molecule has 1 aliphatic rings. The zero-order valence-electron chi connectivity index (χ0n) is 13.2. The molecule has 0 spiro atoms. The SMILES string of the molecule is CCCC1CC1NC(=NCCc1ncc(C)s1)NCC.I. The van der Waals surface area contributed by atoms with E-state index in [0.717, 1.165) is 31.4 Å². The second kappa shape index (κ2) is 9.61. The first kappa shape index (κ1) is 18.7. The highest BCUT2D eigenvalue weighted by Gasteiger charge is 2.36. The van der Waals surface area contributed by atoms with Gasteiger partial charge in [0, 0.05) is 36.6 Å². The molecule has 1 saturated carbocycles.